The fourth-order valence-corrected chi connectivity index (χ4v) is 2.50. The number of nitrogens with zero attached hydrogens (tertiary/aromatic N) is 2. The Kier molecular flexibility index (Phi) is 12.0. The summed E-state index contributed by atoms with van der Waals surface area (Å²) in [6.07, 6.45) is 7.66. The smallest absolute Gasteiger partial charge is 0.191 e. The molecule has 1 fully saturated rings. The molecule has 0 amide bonds. The number of hydrogen-bond acceptors (Lipinski definition) is 3. The van der Waals surface area contributed by atoms with E-state index in [1.54, 1.807) is 0 Å². The second-order valence-electron chi connectivity index (χ2n) is 6.07. The molecule has 1 aliphatic heterocycles. The van der Waals surface area contributed by atoms with Gasteiger partial charge in [-0.25, -0.2) is 0 Å². The summed E-state index contributed by atoms with van der Waals surface area (Å²) >= 11 is 1.87. The van der Waals surface area contributed by atoms with Crippen LogP contribution in [0.5, 0.6) is 0 Å². The largest absolute Gasteiger partial charge is 0.355 e. The Balaban J connectivity index is 0.00000400. The highest BCUT2D eigenvalue weighted by atomic mass is 127. The molecule has 0 atom stereocenters. The Morgan fingerprint density at radius 3 is 2.29 bits per heavy atom. The zero-order chi connectivity index (χ0) is 14.8. The number of nitrogens with one attached hydrogen (secondary N) is 2. The van der Waals surface area contributed by atoms with Crippen molar-refractivity contribution in [3.8, 4) is 0 Å². The van der Waals surface area contributed by atoms with E-state index in [-0.39, 0.29) is 28.7 Å². The molecule has 126 valence electrons. The van der Waals surface area contributed by atoms with Gasteiger partial charge in [0.15, 0.2) is 5.96 Å². The average molecular weight is 428 g/mol. The Bertz CT molecular complexity index is 289. The SMILES string of the molecule is CN=C(NCCN1CCCCCC1)NCC(C)(C)SC.I. The fourth-order valence-electron chi connectivity index (χ4n) is 2.28. The maximum atomic E-state index is 4.29. The Hall–Kier alpha value is 0.310. The van der Waals surface area contributed by atoms with Crippen LogP contribution >= 0.6 is 35.7 Å². The van der Waals surface area contributed by atoms with Gasteiger partial charge in [-0.1, -0.05) is 12.8 Å². The van der Waals surface area contributed by atoms with E-state index in [1.165, 1.54) is 38.8 Å². The molecule has 1 heterocycles. The van der Waals surface area contributed by atoms with Crippen LogP contribution in [0.3, 0.4) is 0 Å². The van der Waals surface area contributed by atoms with E-state index >= 15 is 0 Å². The summed E-state index contributed by atoms with van der Waals surface area (Å²) in [5.41, 5.74) is 0. The second-order valence-corrected chi connectivity index (χ2v) is 7.59. The van der Waals surface area contributed by atoms with Crippen molar-refractivity contribution in [3.63, 3.8) is 0 Å². The van der Waals surface area contributed by atoms with Crippen LogP contribution in [-0.4, -0.2) is 61.6 Å². The summed E-state index contributed by atoms with van der Waals surface area (Å²) < 4.78 is 0.238. The number of halogens is 1. The van der Waals surface area contributed by atoms with Gasteiger partial charge in [-0.3, -0.25) is 4.99 Å². The summed E-state index contributed by atoms with van der Waals surface area (Å²) in [5.74, 6) is 0.918. The highest BCUT2D eigenvalue weighted by molar-refractivity contribution is 14.0. The number of aliphatic imine (C=N–C) groups is 1. The van der Waals surface area contributed by atoms with Gasteiger partial charge in [0, 0.05) is 31.4 Å². The lowest BCUT2D eigenvalue weighted by Crippen LogP contribution is -2.45. The predicted molar refractivity (Wildman–Crippen MR) is 107 cm³/mol. The van der Waals surface area contributed by atoms with Gasteiger partial charge < -0.3 is 15.5 Å². The molecule has 0 bridgehead atoms. The standard InChI is InChI=1S/C15H32N4S.HI/c1-15(2,20-4)13-18-14(16-3)17-9-12-19-10-7-5-6-8-11-19;/h5-13H2,1-4H3,(H2,16,17,18);1H. The van der Waals surface area contributed by atoms with Crippen molar-refractivity contribution in [1.82, 2.24) is 15.5 Å². The molecule has 0 spiro atoms. The van der Waals surface area contributed by atoms with Crippen molar-refractivity contribution >= 4 is 41.7 Å². The first kappa shape index (κ1) is 21.3. The van der Waals surface area contributed by atoms with Crippen LogP contribution in [0, 0.1) is 0 Å². The molecule has 1 saturated heterocycles. The zero-order valence-electron chi connectivity index (χ0n) is 14.1. The molecule has 0 unspecified atom stereocenters. The normalized spacial score (nSPS) is 17.8. The molecule has 0 aromatic heterocycles. The van der Waals surface area contributed by atoms with Gasteiger partial charge >= 0.3 is 0 Å². The second kappa shape index (κ2) is 11.8. The van der Waals surface area contributed by atoms with E-state index in [4.69, 9.17) is 0 Å². The highest BCUT2D eigenvalue weighted by Crippen LogP contribution is 2.19. The molecule has 4 nitrogen and oxygen atoms in total. The Morgan fingerprint density at radius 1 is 1.14 bits per heavy atom. The molecule has 0 saturated carbocycles. The summed E-state index contributed by atoms with van der Waals surface area (Å²) in [6, 6.07) is 0. The van der Waals surface area contributed by atoms with Crippen molar-refractivity contribution in [3.05, 3.63) is 0 Å². The van der Waals surface area contributed by atoms with Crippen LogP contribution in [0.25, 0.3) is 0 Å². The number of guanidine groups is 1. The molecule has 0 radical (unpaired) electrons. The number of thioether (sulfide) groups is 1. The van der Waals surface area contributed by atoms with Crippen LogP contribution < -0.4 is 10.6 Å². The third kappa shape index (κ3) is 9.84. The van der Waals surface area contributed by atoms with Crippen LogP contribution in [0.4, 0.5) is 0 Å². The van der Waals surface area contributed by atoms with Crippen LogP contribution in [0.1, 0.15) is 39.5 Å². The highest BCUT2D eigenvalue weighted by Gasteiger charge is 2.16. The first-order valence-electron chi connectivity index (χ1n) is 7.79. The first-order valence-corrected chi connectivity index (χ1v) is 9.02. The monoisotopic (exact) mass is 428 g/mol. The van der Waals surface area contributed by atoms with Gasteiger partial charge in [0.1, 0.15) is 0 Å². The van der Waals surface area contributed by atoms with Gasteiger partial charge in [0.05, 0.1) is 0 Å². The number of rotatable bonds is 6. The summed E-state index contributed by atoms with van der Waals surface area (Å²) in [6.45, 7) is 10.0. The van der Waals surface area contributed by atoms with Gasteiger partial charge in [0.25, 0.3) is 0 Å². The van der Waals surface area contributed by atoms with Crippen LogP contribution in [-0.2, 0) is 0 Å². The Morgan fingerprint density at radius 2 is 1.76 bits per heavy atom. The quantitative estimate of drug-likeness (QED) is 0.388. The third-order valence-corrected chi connectivity index (χ3v) is 5.13. The molecule has 0 aromatic carbocycles. The van der Waals surface area contributed by atoms with Crippen LogP contribution in [0.15, 0.2) is 4.99 Å². The summed E-state index contributed by atoms with van der Waals surface area (Å²) in [5, 5.41) is 6.83. The van der Waals surface area contributed by atoms with Crippen molar-refractivity contribution in [2.45, 2.75) is 44.3 Å². The van der Waals surface area contributed by atoms with E-state index in [0.29, 0.717) is 0 Å². The summed E-state index contributed by atoms with van der Waals surface area (Å²) in [7, 11) is 1.84. The van der Waals surface area contributed by atoms with E-state index in [1.807, 2.05) is 18.8 Å². The topological polar surface area (TPSA) is 39.7 Å². The molecule has 2 N–H and O–H groups in total. The Labute approximate surface area is 152 Å². The predicted octanol–water partition coefficient (Wildman–Crippen LogP) is 2.79. The van der Waals surface area contributed by atoms with Crippen molar-refractivity contribution < 1.29 is 0 Å². The van der Waals surface area contributed by atoms with Crippen molar-refractivity contribution in [2.24, 2.45) is 4.99 Å². The van der Waals surface area contributed by atoms with Gasteiger partial charge in [0.2, 0.25) is 0 Å². The summed E-state index contributed by atoms with van der Waals surface area (Å²) in [4.78, 5) is 6.86. The molecule has 21 heavy (non-hydrogen) atoms. The van der Waals surface area contributed by atoms with Crippen LogP contribution in [0.2, 0.25) is 0 Å². The molecule has 6 heteroatoms. The van der Waals surface area contributed by atoms with Crippen molar-refractivity contribution in [2.75, 3.05) is 46.0 Å². The lowest BCUT2D eigenvalue weighted by atomic mass is 10.2. The average Bonchev–Trinajstić information content (AvgIpc) is 2.71. The fraction of sp³-hybridized carbons (Fsp3) is 0.933. The van der Waals surface area contributed by atoms with Gasteiger partial charge in [-0.05, 0) is 46.0 Å². The lowest BCUT2D eigenvalue weighted by Gasteiger charge is -2.24. The van der Waals surface area contributed by atoms with Gasteiger partial charge in [-0.2, -0.15) is 11.8 Å². The molecule has 0 aliphatic carbocycles. The van der Waals surface area contributed by atoms with Gasteiger partial charge in [-0.15, -0.1) is 24.0 Å². The molecular weight excluding hydrogens is 395 g/mol. The zero-order valence-corrected chi connectivity index (χ0v) is 17.2. The minimum atomic E-state index is 0. The maximum absolute atomic E-state index is 4.29. The van der Waals surface area contributed by atoms with E-state index in [2.05, 4.69) is 40.6 Å². The third-order valence-electron chi connectivity index (χ3n) is 3.88. The molecule has 1 aliphatic rings. The first-order chi connectivity index (χ1) is 9.57. The molecule has 1 rings (SSSR count). The van der Waals surface area contributed by atoms with E-state index in [0.717, 1.165) is 25.6 Å². The number of likely N-dealkylation sites (tertiary alicyclic amines) is 1. The lowest BCUT2D eigenvalue weighted by molar-refractivity contribution is 0.289. The molecular formula is C15H33IN4S. The minimum Gasteiger partial charge on any atom is -0.355 e. The minimum absolute atomic E-state index is 0. The maximum Gasteiger partial charge on any atom is 0.191 e. The molecule has 0 aromatic rings. The van der Waals surface area contributed by atoms with Crippen molar-refractivity contribution in [1.29, 1.82) is 0 Å². The van der Waals surface area contributed by atoms with E-state index < -0.39 is 0 Å². The number of hydrogen-bond donors (Lipinski definition) is 2. The van der Waals surface area contributed by atoms with E-state index in [9.17, 15) is 0 Å².